The predicted octanol–water partition coefficient (Wildman–Crippen LogP) is 1.60. The maximum atomic E-state index is 12.5. The summed E-state index contributed by atoms with van der Waals surface area (Å²) in [6.45, 7) is 3.22. The van der Waals surface area contributed by atoms with Crippen molar-refractivity contribution in [1.29, 1.82) is 0 Å². The fourth-order valence-electron chi connectivity index (χ4n) is 2.24. The van der Waals surface area contributed by atoms with Gasteiger partial charge in [-0.05, 0) is 19.9 Å². The van der Waals surface area contributed by atoms with Crippen molar-refractivity contribution in [2.24, 2.45) is 0 Å². The largest absolute Gasteiger partial charge is 0.495 e. The topological polar surface area (TPSA) is 67.9 Å². The molecule has 0 unspecified atom stereocenters. The van der Waals surface area contributed by atoms with E-state index in [1.165, 1.54) is 19.1 Å². The molecular weight excluding hydrogens is 296 g/mol. The summed E-state index contributed by atoms with van der Waals surface area (Å²) in [6.07, 6.45) is 0. The monoisotopic (exact) mass is 312 g/mol. The molecule has 0 saturated carbocycles. The molecule has 1 aliphatic heterocycles. The summed E-state index contributed by atoms with van der Waals surface area (Å²) in [5, 5.41) is 2.99. The SMILES string of the molecule is COc1cc(OC)c(N2CC(=O)NC(C)(C)C2=O)cc1Cl. The Labute approximate surface area is 128 Å². The molecule has 0 aliphatic carbocycles. The number of hydrogen-bond donors (Lipinski definition) is 1. The van der Waals surface area contributed by atoms with E-state index < -0.39 is 5.54 Å². The number of nitrogens with zero attached hydrogens (tertiary/aromatic N) is 1. The van der Waals surface area contributed by atoms with Gasteiger partial charge >= 0.3 is 0 Å². The van der Waals surface area contributed by atoms with Gasteiger partial charge in [0.15, 0.2) is 0 Å². The number of halogens is 1. The summed E-state index contributed by atoms with van der Waals surface area (Å²) in [5.41, 5.74) is -0.538. The van der Waals surface area contributed by atoms with E-state index in [0.29, 0.717) is 22.2 Å². The molecule has 0 atom stereocenters. The van der Waals surface area contributed by atoms with E-state index in [2.05, 4.69) is 5.32 Å². The second kappa shape index (κ2) is 5.44. The van der Waals surface area contributed by atoms with Crippen LogP contribution in [0.4, 0.5) is 5.69 Å². The number of hydrogen-bond acceptors (Lipinski definition) is 4. The van der Waals surface area contributed by atoms with Crippen molar-refractivity contribution in [3.05, 3.63) is 17.2 Å². The van der Waals surface area contributed by atoms with Crippen molar-refractivity contribution in [2.75, 3.05) is 25.7 Å². The van der Waals surface area contributed by atoms with Crippen molar-refractivity contribution in [3.8, 4) is 11.5 Å². The van der Waals surface area contributed by atoms with Gasteiger partial charge in [-0.25, -0.2) is 0 Å². The summed E-state index contributed by atoms with van der Waals surface area (Å²) in [5.74, 6) is 0.371. The lowest BCUT2D eigenvalue weighted by Crippen LogP contribution is -2.64. The Balaban J connectivity index is 2.52. The molecule has 1 aliphatic rings. The minimum absolute atomic E-state index is 0.0821. The van der Waals surface area contributed by atoms with Crippen molar-refractivity contribution >= 4 is 29.1 Å². The van der Waals surface area contributed by atoms with Gasteiger partial charge in [-0.15, -0.1) is 0 Å². The van der Waals surface area contributed by atoms with Gasteiger partial charge in [-0.1, -0.05) is 11.6 Å². The number of carbonyl (C=O) groups excluding carboxylic acids is 2. The molecule has 114 valence electrons. The van der Waals surface area contributed by atoms with Crippen LogP contribution in [0.5, 0.6) is 11.5 Å². The number of piperazine rings is 1. The Morgan fingerprint density at radius 1 is 1.19 bits per heavy atom. The molecule has 1 aromatic carbocycles. The molecule has 21 heavy (non-hydrogen) atoms. The molecule has 7 heteroatoms. The number of nitrogens with one attached hydrogen (secondary N) is 1. The second-order valence-electron chi connectivity index (χ2n) is 5.22. The Hall–Kier alpha value is -1.95. The van der Waals surface area contributed by atoms with Crippen molar-refractivity contribution < 1.29 is 19.1 Å². The van der Waals surface area contributed by atoms with Crippen LogP contribution >= 0.6 is 11.6 Å². The molecule has 2 amide bonds. The van der Waals surface area contributed by atoms with Crippen LogP contribution in [0, 0.1) is 0 Å². The number of anilines is 1. The highest BCUT2D eigenvalue weighted by Gasteiger charge is 2.40. The molecule has 0 bridgehead atoms. The first kappa shape index (κ1) is 15.4. The van der Waals surface area contributed by atoms with E-state index >= 15 is 0 Å². The van der Waals surface area contributed by atoms with Gasteiger partial charge in [0.05, 0.1) is 24.9 Å². The lowest BCUT2D eigenvalue weighted by atomic mass is 9.99. The van der Waals surface area contributed by atoms with Crippen LogP contribution in [0.25, 0.3) is 0 Å². The van der Waals surface area contributed by atoms with E-state index in [1.807, 2.05) is 0 Å². The quantitative estimate of drug-likeness (QED) is 0.920. The first-order chi connectivity index (χ1) is 9.80. The average Bonchev–Trinajstić information content (AvgIpc) is 2.42. The van der Waals surface area contributed by atoms with Crippen LogP contribution in [0.2, 0.25) is 5.02 Å². The second-order valence-corrected chi connectivity index (χ2v) is 5.63. The Morgan fingerprint density at radius 3 is 2.38 bits per heavy atom. The number of rotatable bonds is 3. The molecule has 2 rings (SSSR count). The first-order valence-electron chi connectivity index (χ1n) is 6.34. The maximum Gasteiger partial charge on any atom is 0.252 e. The lowest BCUT2D eigenvalue weighted by molar-refractivity contribution is -0.134. The van der Waals surface area contributed by atoms with Crippen molar-refractivity contribution in [1.82, 2.24) is 5.32 Å². The lowest BCUT2D eigenvalue weighted by Gasteiger charge is -2.37. The molecule has 6 nitrogen and oxygen atoms in total. The molecule has 1 saturated heterocycles. The van der Waals surface area contributed by atoms with Crippen molar-refractivity contribution in [3.63, 3.8) is 0 Å². The predicted molar refractivity (Wildman–Crippen MR) is 79.1 cm³/mol. The zero-order valence-corrected chi connectivity index (χ0v) is 13.1. The van der Waals surface area contributed by atoms with Crippen LogP contribution in [0.15, 0.2) is 12.1 Å². The van der Waals surface area contributed by atoms with Gasteiger partial charge < -0.3 is 14.8 Å². The van der Waals surface area contributed by atoms with Gasteiger partial charge in [0.25, 0.3) is 5.91 Å². The van der Waals surface area contributed by atoms with Gasteiger partial charge in [0.1, 0.15) is 23.6 Å². The van der Waals surface area contributed by atoms with E-state index in [-0.39, 0.29) is 18.4 Å². The first-order valence-corrected chi connectivity index (χ1v) is 6.72. The zero-order chi connectivity index (χ0) is 15.8. The number of benzene rings is 1. The highest BCUT2D eigenvalue weighted by atomic mass is 35.5. The van der Waals surface area contributed by atoms with Crippen molar-refractivity contribution in [2.45, 2.75) is 19.4 Å². The summed E-state index contributed by atoms with van der Waals surface area (Å²) < 4.78 is 10.4. The fourth-order valence-corrected chi connectivity index (χ4v) is 2.48. The zero-order valence-electron chi connectivity index (χ0n) is 12.3. The third-order valence-electron chi connectivity index (χ3n) is 3.28. The Morgan fingerprint density at radius 2 is 1.81 bits per heavy atom. The molecule has 1 heterocycles. The van der Waals surface area contributed by atoms with Gasteiger partial charge in [-0.2, -0.15) is 0 Å². The third kappa shape index (κ3) is 2.76. The molecular formula is C14H17ClN2O4. The molecule has 0 spiro atoms. The molecule has 1 fully saturated rings. The number of ether oxygens (including phenoxy) is 2. The maximum absolute atomic E-state index is 12.5. The van der Waals surface area contributed by atoms with Crippen LogP contribution in [-0.2, 0) is 9.59 Å². The normalized spacial score (nSPS) is 17.5. The Kier molecular flexibility index (Phi) is 4.00. The van der Waals surface area contributed by atoms with Gasteiger partial charge in [0.2, 0.25) is 5.91 Å². The molecule has 0 aromatic heterocycles. The summed E-state index contributed by atoms with van der Waals surface area (Å²) in [4.78, 5) is 25.7. The van der Waals surface area contributed by atoms with Crippen LogP contribution < -0.4 is 19.7 Å². The molecule has 0 radical (unpaired) electrons. The molecule has 1 aromatic rings. The number of carbonyl (C=O) groups is 2. The Bertz CT molecular complexity index is 601. The van der Waals surface area contributed by atoms with E-state index in [4.69, 9.17) is 21.1 Å². The van der Waals surface area contributed by atoms with Gasteiger partial charge in [-0.3, -0.25) is 14.5 Å². The summed E-state index contributed by atoms with van der Waals surface area (Å²) in [6, 6.07) is 3.15. The number of methoxy groups -OCH3 is 2. The number of amides is 2. The summed E-state index contributed by atoms with van der Waals surface area (Å²) in [7, 11) is 2.97. The van der Waals surface area contributed by atoms with Crippen LogP contribution in [0.1, 0.15) is 13.8 Å². The van der Waals surface area contributed by atoms with E-state index in [1.54, 1.807) is 26.0 Å². The van der Waals surface area contributed by atoms with E-state index in [9.17, 15) is 9.59 Å². The smallest absolute Gasteiger partial charge is 0.252 e. The van der Waals surface area contributed by atoms with Gasteiger partial charge in [0, 0.05) is 6.07 Å². The molecule has 1 N–H and O–H groups in total. The highest BCUT2D eigenvalue weighted by molar-refractivity contribution is 6.32. The van der Waals surface area contributed by atoms with Crippen LogP contribution in [-0.4, -0.2) is 38.1 Å². The minimum Gasteiger partial charge on any atom is -0.495 e. The summed E-state index contributed by atoms with van der Waals surface area (Å²) >= 11 is 6.11. The fraction of sp³-hybridized carbons (Fsp3) is 0.429. The van der Waals surface area contributed by atoms with E-state index in [0.717, 1.165) is 0 Å². The minimum atomic E-state index is -0.979. The average molecular weight is 313 g/mol. The third-order valence-corrected chi connectivity index (χ3v) is 3.57. The highest BCUT2D eigenvalue weighted by Crippen LogP contribution is 2.39. The standard InChI is InChI=1S/C14H17ClN2O4/c1-14(2)13(19)17(7-12(18)16-14)9-5-8(15)10(20-3)6-11(9)21-4/h5-6H,7H2,1-4H3,(H,16,18). The van der Waals surface area contributed by atoms with Crippen LogP contribution in [0.3, 0.4) is 0 Å².